The number of carbonyl (C=O) groups is 2. The molecule has 0 aromatic carbocycles. The van der Waals surface area contributed by atoms with E-state index in [1.807, 2.05) is 0 Å². The van der Waals surface area contributed by atoms with Crippen LogP contribution in [-0.2, 0) is 19.1 Å². The molecule has 0 aliphatic carbocycles. The van der Waals surface area contributed by atoms with Crippen LogP contribution in [0.1, 0.15) is 194 Å². The Morgan fingerprint density at radius 2 is 0.625 bits per heavy atom. The van der Waals surface area contributed by atoms with Crippen LogP contribution in [0.15, 0.2) is 146 Å². The molecule has 0 aromatic rings. The molecule has 0 amide bonds. The average Bonchev–Trinajstić information content (AvgIpc) is 3.30. The number of rotatable bonds is 44. The van der Waals surface area contributed by atoms with Gasteiger partial charge in [-0.1, -0.05) is 211 Å². The molecule has 64 heavy (non-hydrogen) atoms. The summed E-state index contributed by atoms with van der Waals surface area (Å²) in [6, 6.07) is 0. The van der Waals surface area contributed by atoms with E-state index in [2.05, 4.69) is 160 Å². The normalized spacial score (nSPS) is 13.5. The molecule has 0 aliphatic heterocycles. The van der Waals surface area contributed by atoms with E-state index < -0.39 is 6.10 Å². The van der Waals surface area contributed by atoms with E-state index in [0.717, 1.165) is 141 Å². The summed E-state index contributed by atoms with van der Waals surface area (Å²) >= 11 is 0. The highest BCUT2D eigenvalue weighted by molar-refractivity contribution is 5.70. The van der Waals surface area contributed by atoms with Gasteiger partial charge in [0.05, 0.1) is 6.61 Å². The number of hydrogen-bond donors (Lipinski definition) is 1. The average molecular weight is 881 g/mol. The fourth-order valence-electron chi connectivity index (χ4n) is 6.38. The van der Waals surface area contributed by atoms with E-state index in [-0.39, 0.29) is 25.2 Å². The Balaban J connectivity index is 3.66. The Morgan fingerprint density at radius 1 is 0.359 bits per heavy atom. The number of esters is 2. The van der Waals surface area contributed by atoms with Crippen LogP contribution < -0.4 is 0 Å². The Labute approximate surface area is 393 Å². The number of aliphatic hydroxyl groups is 1. The molecule has 0 aliphatic rings. The first kappa shape index (κ1) is 59.8. The maximum Gasteiger partial charge on any atom is 0.306 e. The van der Waals surface area contributed by atoms with Gasteiger partial charge in [0.25, 0.3) is 0 Å². The van der Waals surface area contributed by atoms with Crippen molar-refractivity contribution >= 4 is 11.9 Å². The predicted octanol–water partition coefficient (Wildman–Crippen LogP) is 17.1. The fraction of sp³-hybridized carbons (Fsp3) is 0.559. The van der Waals surface area contributed by atoms with E-state index in [1.165, 1.54) is 25.7 Å². The summed E-state index contributed by atoms with van der Waals surface area (Å²) in [5.41, 5.74) is 0. The van der Waals surface area contributed by atoms with E-state index in [4.69, 9.17) is 9.47 Å². The van der Waals surface area contributed by atoms with Crippen LogP contribution in [0, 0.1) is 0 Å². The van der Waals surface area contributed by atoms with Gasteiger partial charge in [0.1, 0.15) is 6.61 Å². The summed E-state index contributed by atoms with van der Waals surface area (Å²) in [4.78, 5) is 24.5. The predicted molar refractivity (Wildman–Crippen MR) is 278 cm³/mol. The lowest BCUT2D eigenvalue weighted by Gasteiger charge is -2.15. The number of allylic oxidation sites excluding steroid dienone is 24. The fourth-order valence-corrected chi connectivity index (χ4v) is 6.38. The summed E-state index contributed by atoms with van der Waals surface area (Å²) in [5.74, 6) is -0.639. The third-order valence-electron chi connectivity index (χ3n) is 10.1. The molecule has 0 fully saturated rings. The van der Waals surface area contributed by atoms with Crippen molar-refractivity contribution < 1.29 is 24.2 Å². The van der Waals surface area contributed by atoms with Gasteiger partial charge in [0, 0.05) is 12.8 Å². The molecule has 0 bridgehead atoms. The molecule has 1 N–H and O–H groups in total. The lowest BCUT2D eigenvalue weighted by Crippen LogP contribution is -2.28. The van der Waals surface area contributed by atoms with Crippen molar-refractivity contribution in [3.63, 3.8) is 0 Å². The standard InChI is InChI=1S/C59H92O5/c1-3-5-7-9-11-13-15-17-19-21-23-25-27-28-29-30-32-34-36-38-40-42-44-46-48-50-52-54-59(62)64-57(55-60)56-63-58(61)53-51-49-47-45-43-41-39-37-35-33-31-26-24-22-20-18-16-14-12-10-8-6-4-2/h5-8,11-14,17-20,23-26,28-29,32-35,38,40,57,60H,3-4,9-10,15-16,21-22,27,30-31,36-37,39,41-56H2,1-2H3/b7-5-,8-6-,13-11-,14-12-,19-17-,20-18-,25-23-,26-24-,29-28-,34-32-,35-33-,40-38-. The Bertz CT molecular complexity index is 1410. The number of carbonyl (C=O) groups excluding carboxylic acids is 2. The van der Waals surface area contributed by atoms with Crippen molar-refractivity contribution in [2.45, 2.75) is 200 Å². The maximum atomic E-state index is 12.3. The molecular formula is C59H92O5. The minimum Gasteiger partial charge on any atom is -0.462 e. The SMILES string of the molecule is CC/C=C\C/C=C\C/C=C\C/C=C\C/C=C\C/C=C\C/C=C\CCCCCCCC(=O)OC(CO)COC(=O)CCCCCCCCC/C=C\C/C=C\C/C=C\C/C=C\C/C=C\CC. The summed E-state index contributed by atoms with van der Waals surface area (Å²) in [5, 5.41) is 9.63. The van der Waals surface area contributed by atoms with Gasteiger partial charge in [-0.25, -0.2) is 0 Å². The van der Waals surface area contributed by atoms with Gasteiger partial charge in [-0.15, -0.1) is 0 Å². The van der Waals surface area contributed by atoms with Gasteiger partial charge in [-0.3, -0.25) is 9.59 Å². The molecule has 0 spiro atoms. The zero-order chi connectivity index (χ0) is 46.3. The topological polar surface area (TPSA) is 72.8 Å². The first-order valence-electron chi connectivity index (χ1n) is 25.4. The Hall–Kier alpha value is -4.22. The zero-order valence-electron chi connectivity index (χ0n) is 40.7. The molecule has 0 heterocycles. The first-order valence-corrected chi connectivity index (χ1v) is 25.4. The number of ether oxygens (including phenoxy) is 2. The molecule has 5 nitrogen and oxygen atoms in total. The number of aliphatic hydroxyl groups excluding tert-OH is 1. The smallest absolute Gasteiger partial charge is 0.306 e. The van der Waals surface area contributed by atoms with Crippen LogP contribution in [0.2, 0.25) is 0 Å². The molecule has 0 saturated carbocycles. The van der Waals surface area contributed by atoms with Crippen molar-refractivity contribution in [1.29, 1.82) is 0 Å². The van der Waals surface area contributed by atoms with E-state index in [9.17, 15) is 14.7 Å². The minimum absolute atomic E-state index is 0.0907. The second-order valence-corrected chi connectivity index (χ2v) is 16.1. The van der Waals surface area contributed by atoms with Gasteiger partial charge in [-0.2, -0.15) is 0 Å². The molecule has 1 atom stereocenters. The summed E-state index contributed by atoms with van der Waals surface area (Å²) in [6.45, 7) is 3.87. The molecular weight excluding hydrogens is 789 g/mol. The quantitative estimate of drug-likeness (QED) is 0.0375. The monoisotopic (exact) mass is 881 g/mol. The molecule has 0 rings (SSSR count). The number of hydrogen-bond acceptors (Lipinski definition) is 5. The number of unbranched alkanes of at least 4 members (excludes halogenated alkanes) is 12. The summed E-state index contributed by atoms with van der Waals surface area (Å²) in [6.07, 6.45) is 80.7. The van der Waals surface area contributed by atoms with Crippen LogP contribution in [0.25, 0.3) is 0 Å². The molecule has 1 unspecified atom stereocenters. The highest BCUT2D eigenvalue weighted by Gasteiger charge is 2.16. The zero-order valence-corrected chi connectivity index (χ0v) is 40.7. The molecule has 0 saturated heterocycles. The Morgan fingerprint density at radius 3 is 0.938 bits per heavy atom. The van der Waals surface area contributed by atoms with Crippen LogP contribution in [0.4, 0.5) is 0 Å². The summed E-state index contributed by atoms with van der Waals surface area (Å²) < 4.78 is 10.7. The van der Waals surface area contributed by atoms with Crippen LogP contribution in [0.3, 0.4) is 0 Å². The van der Waals surface area contributed by atoms with Crippen LogP contribution >= 0.6 is 0 Å². The lowest BCUT2D eigenvalue weighted by atomic mass is 10.1. The van der Waals surface area contributed by atoms with Gasteiger partial charge in [0.2, 0.25) is 0 Å². The van der Waals surface area contributed by atoms with E-state index in [1.54, 1.807) is 0 Å². The van der Waals surface area contributed by atoms with E-state index >= 15 is 0 Å². The second kappa shape index (κ2) is 53.1. The van der Waals surface area contributed by atoms with Crippen molar-refractivity contribution in [3.8, 4) is 0 Å². The highest BCUT2D eigenvalue weighted by atomic mass is 16.6. The third-order valence-corrected chi connectivity index (χ3v) is 10.1. The van der Waals surface area contributed by atoms with Gasteiger partial charge >= 0.3 is 11.9 Å². The van der Waals surface area contributed by atoms with Gasteiger partial charge < -0.3 is 14.6 Å². The van der Waals surface area contributed by atoms with Gasteiger partial charge in [-0.05, 0) is 116 Å². The van der Waals surface area contributed by atoms with Crippen molar-refractivity contribution in [2.75, 3.05) is 13.2 Å². The highest BCUT2D eigenvalue weighted by Crippen LogP contribution is 2.12. The molecule has 5 heteroatoms. The van der Waals surface area contributed by atoms with Gasteiger partial charge in [0.15, 0.2) is 6.10 Å². The maximum absolute atomic E-state index is 12.3. The van der Waals surface area contributed by atoms with Crippen LogP contribution in [-0.4, -0.2) is 36.4 Å². The first-order chi connectivity index (χ1) is 31.6. The summed E-state index contributed by atoms with van der Waals surface area (Å²) in [7, 11) is 0. The second-order valence-electron chi connectivity index (χ2n) is 16.1. The van der Waals surface area contributed by atoms with E-state index in [0.29, 0.717) is 12.8 Å². The molecule has 0 aromatic heterocycles. The largest absolute Gasteiger partial charge is 0.462 e. The minimum atomic E-state index is -0.800. The Kier molecular flexibility index (Phi) is 49.6. The molecule has 0 radical (unpaired) electrons. The lowest BCUT2D eigenvalue weighted by molar-refractivity contribution is -0.161. The van der Waals surface area contributed by atoms with Crippen molar-refractivity contribution in [2.24, 2.45) is 0 Å². The van der Waals surface area contributed by atoms with Crippen molar-refractivity contribution in [1.82, 2.24) is 0 Å². The van der Waals surface area contributed by atoms with Crippen molar-refractivity contribution in [3.05, 3.63) is 146 Å². The van der Waals surface area contributed by atoms with Crippen LogP contribution in [0.5, 0.6) is 0 Å². The third kappa shape index (κ3) is 50.4. The molecule has 358 valence electrons.